The van der Waals surface area contributed by atoms with Crippen LogP contribution in [-0.4, -0.2) is 44.6 Å². The predicted octanol–water partition coefficient (Wildman–Crippen LogP) is 4.83. The van der Waals surface area contributed by atoms with Gasteiger partial charge in [-0.25, -0.2) is 9.50 Å². The number of amides is 1. The Morgan fingerprint density at radius 3 is 2.32 bits per heavy atom. The molecule has 6 nitrogen and oxygen atoms in total. The highest BCUT2D eigenvalue weighted by Crippen LogP contribution is 2.33. The summed E-state index contributed by atoms with van der Waals surface area (Å²) in [6, 6.07) is 8.87. The summed E-state index contributed by atoms with van der Waals surface area (Å²) < 4.78 is 47.3. The first-order valence-corrected chi connectivity index (χ1v) is 10.1. The molecule has 1 aliphatic rings. The SMILES string of the molecule is COc1ccc(-c2cc(C(F)(F)F)n3nc(C(=O)N4[C@H](C)CCC[C@H]4C)cc3n2)cc1. The summed E-state index contributed by atoms with van der Waals surface area (Å²) in [7, 11) is 1.51. The van der Waals surface area contributed by atoms with E-state index >= 15 is 0 Å². The standard InChI is InChI=1S/C22H23F3N4O2/c1-13-5-4-6-14(2)28(13)21(30)18-12-20-26-17(15-7-9-16(31-3)10-8-15)11-19(22(23,24)25)29(20)27-18/h7-14H,4-6H2,1-3H3/t13-,14-/m1/s1. The molecule has 1 aromatic carbocycles. The molecule has 0 radical (unpaired) electrons. The fourth-order valence-corrected chi connectivity index (χ4v) is 4.14. The number of halogens is 3. The Morgan fingerprint density at radius 2 is 1.74 bits per heavy atom. The Kier molecular flexibility index (Phi) is 5.36. The highest BCUT2D eigenvalue weighted by Gasteiger charge is 2.37. The van der Waals surface area contributed by atoms with E-state index in [0.29, 0.717) is 15.8 Å². The quantitative estimate of drug-likeness (QED) is 0.595. The minimum Gasteiger partial charge on any atom is -0.497 e. The molecule has 9 heteroatoms. The summed E-state index contributed by atoms with van der Waals surface area (Å²) in [4.78, 5) is 19.2. The minimum absolute atomic E-state index is 0.00553. The van der Waals surface area contributed by atoms with Gasteiger partial charge in [0.1, 0.15) is 5.75 Å². The van der Waals surface area contributed by atoms with Gasteiger partial charge in [-0.05, 0) is 63.4 Å². The summed E-state index contributed by atoms with van der Waals surface area (Å²) >= 11 is 0. The number of aromatic nitrogens is 3. The number of carbonyl (C=O) groups excluding carboxylic acids is 1. The molecule has 1 saturated heterocycles. The lowest BCUT2D eigenvalue weighted by Gasteiger charge is -2.38. The summed E-state index contributed by atoms with van der Waals surface area (Å²) in [5, 5.41) is 4.01. The number of fused-ring (bicyclic) bond motifs is 1. The van der Waals surface area contributed by atoms with E-state index in [0.717, 1.165) is 25.3 Å². The molecule has 1 fully saturated rings. The van der Waals surface area contributed by atoms with Crippen LogP contribution in [0.4, 0.5) is 13.2 Å². The van der Waals surface area contributed by atoms with Gasteiger partial charge in [0.25, 0.3) is 5.91 Å². The van der Waals surface area contributed by atoms with Gasteiger partial charge in [0.2, 0.25) is 0 Å². The van der Waals surface area contributed by atoms with Crippen LogP contribution in [0.25, 0.3) is 16.9 Å². The fourth-order valence-electron chi connectivity index (χ4n) is 4.14. The number of hydrogen-bond acceptors (Lipinski definition) is 4. The summed E-state index contributed by atoms with van der Waals surface area (Å²) in [5.74, 6) is 0.215. The largest absolute Gasteiger partial charge is 0.497 e. The van der Waals surface area contributed by atoms with Gasteiger partial charge in [-0.1, -0.05) is 0 Å². The molecule has 1 amide bonds. The first-order valence-electron chi connectivity index (χ1n) is 10.1. The molecule has 3 heterocycles. The van der Waals surface area contributed by atoms with Crippen molar-refractivity contribution < 1.29 is 22.7 Å². The summed E-state index contributed by atoms with van der Waals surface area (Å²) in [5.41, 5.74) is -0.406. The number of benzene rings is 1. The van der Waals surface area contributed by atoms with Crippen LogP contribution in [0.1, 0.15) is 49.3 Å². The first-order chi connectivity index (χ1) is 14.7. The summed E-state index contributed by atoms with van der Waals surface area (Å²) in [6.07, 6.45) is -1.93. The van der Waals surface area contributed by atoms with Crippen molar-refractivity contribution in [2.75, 3.05) is 7.11 Å². The Balaban J connectivity index is 1.81. The van der Waals surface area contributed by atoms with E-state index in [-0.39, 0.29) is 35.0 Å². The number of carbonyl (C=O) groups is 1. The number of hydrogen-bond donors (Lipinski definition) is 0. The minimum atomic E-state index is -4.67. The molecule has 0 unspecified atom stereocenters. The number of nitrogens with zero attached hydrogens (tertiary/aromatic N) is 4. The number of alkyl halides is 3. The lowest BCUT2D eigenvalue weighted by molar-refractivity contribution is -0.142. The van der Waals surface area contributed by atoms with Crippen molar-refractivity contribution >= 4 is 11.6 Å². The Labute approximate surface area is 177 Å². The van der Waals surface area contributed by atoms with E-state index in [1.807, 2.05) is 13.8 Å². The van der Waals surface area contributed by atoms with Crippen molar-refractivity contribution in [1.29, 1.82) is 0 Å². The maximum Gasteiger partial charge on any atom is 0.433 e. The third-order valence-corrected chi connectivity index (χ3v) is 5.75. The molecular weight excluding hydrogens is 409 g/mol. The number of ether oxygens (including phenoxy) is 1. The van der Waals surface area contributed by atoms with E-state index in [2.05, 4.69) is 10.1 Å². The Morgan fingerprint density at radius 1 is 1.10 bits per heavy atom. The zero-order valence-corrected chi connectivity index (χ0v) is 17.5. The van der Waals surface area contributed by atoms with Gasteiger partial charge < -0.3 is 9.64 Å². The van der Waals surface area contributed by atoms with Crippen LogP contribution in [-0.2, 0) is 6.18 Å². The van der Waals surface area contributed by atoms with Crippen LogP contribution in [0.3, 0.4) is 0 Å². The lowest BCUT2D eigenvalue weighted by atomic mass is 9.97. The zero-order valence-electron chi connectivity index (χ0n) is 17.5. The Bertz CT molecular complexity index is 1100. The third kappa shape index (κ3) is 3.96. The Hall–Kier alpha value is -3.10. The molecule has 164 valence electrons. The van der Waals surface area contributed by atoms with Gasteiger partial charge in [0.05, 0.1) is 12.8 Å². The number of rotatable bonds is 3. The van der Waals surface area contributed by atoms with Crippen LogP contribution < -0.4 is 4.74 Å². The smallest absolute Gasteiger partial charge is 0.433 e. The topological polar surface area (TPSA) is 59.7 Å². The highest BCUT2D eigenvalue weighted by molar-refractivity contribution is 5.94. The van der Waals surface area contributed by atoms with E-state index in [9.17, 15) is 18.0 Å². The van der Waals surface area contributed by atoms with Crippen molar-refractivity contribution in [2.45, 2.75) is 51.4 Å². The van der Waals surface area contributed by atoms with Crippen LogP contribution in [0, 0.1) is 0 Å². The molecule has 0 aliphatic carbocycles. The third-order valence-electron chi connectivity index (χ3n) is 5.75. The second-order valence-corrected chi connectivity index (χ2v) is 7.89. The molecule has 0 bridgehead atoms. The molecule has 0 N–H and O–H groups in total. The molecule has 31 heavy (non-hydrogen) atoms. The van der Waals surface area contributed by atoms with Gasteiger partial charge in [0.15, 0.2) is 17.0 Å². The molecule has 2 aromatic heterocycles. The van der Waals surface area contributed by atoms with E-state index in [1.54, 1.807) is 29.2 Å². The highest BCUT2D eigenvalue weighted by atomic mass is 19.4. The van der Waals surface area contributed by atoms with Crippen LogP contribution in [0.2, 0.25) is 0 Å². The average molecular weight is 432 g/mol. The van der Waals surface area contributed by atoms with Crippen LogP contribution >= 0.6 is 0 Å². The van der Waals surface area contributed by atoms with Gasteiger partial charge in [-0.2, -0.15) is 18.3 Å². The van der Waals surface area contributed by atoms with Gasteiger partial charge >= 0.3 is 6.18 Å². The molecule has 0 spiro atoms. The fraction of sp³-hybridized carbons (Fsp3) is 0.409. The maximum absolute atomic E-state index is 13.8. The number of piperidine rings is 1. The van der Waals surface area contributed by atoms with Crippen molar-refractivity contribution in [3.63, 3.8) is 0 Å². The monoisotopic (exact) mass is 432 g/mol. The molecule has 4 rings (SSSR count). The van der Waals surface area contributed by atoms with Crippen molar-refractivity contribution in [3.8, 4) is 17.0 Å². The van der Waals surface area contributed by atoms with E-state index in [1.165, 1.54) is 13.2 Å². The number of methoxy groups -OCH3 is 1. The van der Waals surface area contributed by atoms with Crippen molar-refractivity contribution in [1.82, 2.24) is 19.5 Å². The molecule has 2 atom stereocenters. The van der Waals surface area contributed by atoms with Gasteiger partial charge in [-0.3, -0.25) is 4.79 Å². The van der Waals surface area contributed by atoms with Crippen LogP contribution in [0.5, 0.6) is 5.75 Å². The normalized spacial score (nSPS) is 19.6. The van der Waals surface area contributed by atoms with E-state index < -0.39 is 11.9 Å². The maximum atomic E-state index is 13.8. The molecule has 0 saturated carbocycles. The first kappa shape index (κ1) is 21.1. The second kappa shape index (κ2) is 7.86. The van der Waals surface area contributed by atoms with Gasteiger partial charge in [0, 0.05) is 23.7 Å². The molecular formula is C22H23F3N4O2. The van der Waals surface area contributed by atoms with Crippen LogP contribution in [0.15, 0.2) is 36.4 Å². The second-order valence-electron chi connectivity index (χ2n) is 7.89. The zero-order chi connectivity index (χ0) is 22.3. The van der Waals surface area contributed by atoms with Crippen molar-refractivity contribution in [2.24, 2.45) is 0 Å². The predicted molar refractivity (Wildman–Crippen MR) is 109 cm³/mol. The van der Waals surface area contributed by atoms with Crippen molar-refractivity contribution in [3.05, 3.63) is 47.8 Å². The summed E-state index contributed by atoms with van der Waals surface area (Å²) in [6.45, 7) is 3.90. The van der Waals surface area contributed by atoms with E-state index in [4.69, 9.17) is 4.74 Å². The van der Waals surface area contributed by atoms with Gasteiger partial charge in [-0.15, -0.1) is 0 Å². The lowest BCUT2D eigenvalue weighted by Crippen LogP contribution is -2.47. The molecule has 1 aliphatic heterocycles. The number of likely N-dealkylation sites (tertiary alicyclic amines) is 1. The molecule has 3 aromatic rings. The average Bonchev–Trinajstić information content (AvgIpc) is 3.16.